The van der Waals surface area contributed by atoms with Gasteiger partial charge in [0.25, 0.3) is 0 Å². The Morgan fingerprint density at radius 1 is 1.21 bits per heavy atom. The number of halogens is 1. The predicted molar refractivity (Wildman–Crippen MR) is 128 cm³/mol. The van der Waals surface area contributed by atoms with E-state index in [9.17, 15) is 0 Å². The van der Waals surface area contributed by atoms with Crippen LogP contribution in [-0.2, 0) is 20.0 Å². The molecule has 1 aromatic heterocycles. The number of aromatic nitrogens is 3. The van der Waals surface area contributed by atoms with Gasteiger partial charge in [-0.15, -0.1) is 34.2 Å². The number of hydrogen-bond donors (Lipinski definition) is 2. The number of rotatable bonds is 9. The summed E-state index contributed by atoms with van der Waals surface area (Å²) in [4.78, 5) is 4.67. The minimum Gasteiger partial charge on any atom is -0.454 e. The van der Waals surface area contributed by atoms with Crippen molar-refractivity contribution < 1.29 is 9.47 Å². The van der Waals surface area contributed by atoms with Gasteiger partial charge in [0.05, 0.1) is 0 Å². The number of nitrogens with one attached hydrogen (secondary N) is 2. The number of fused-ring (bicyclic) bond motifs is 1. The van der Waals surface area contributed by atoms with E-state index in [1.54, 1.807) is 0 Å². The lowest BCUT2D eigenvalue weighted by molar-refractivity contribution is 0.174. The fourth-order valence-electron chi connectivity index (χ4n) is 2.76. The van der Waals surface area contributed by atoms with Crippen LogP contribution >= 0.6 is 35.7 Å². The number of aliphatic imine (C=N–C) groups is 1. The van der Waals surface area contributed by atoms with Gasteiger partial charge in [-0.05, 0) is 49.5 Å². The van der Waals surface area contributed by atoms with Crippen molar-refractivity contribution in [1.82, 2.24) is 25.4 Å². The molecule has 1 aliphatic heterocycles. The molecule has 29 heavy (non-hydrogen) atoms. The molecule has 0 radical (unpaired) electrons. The normalized spacial score (nSPS) is 12.6. The van der Waals surface area contributed by atoms with E-state index in [2.05, 4.69) is 38.1 Å². The van der Waals surface area contributed by atoms with E-state index in [1.165, 1.54) is 5.56 Å². The molecule has 2 N–H and O–H groups in total. The number of guanidine groups is 1. The molecule has 0 saturated carbocycles. The second-order valence-electron chi connectivity index (χ2n) is 6.52. The molecule has 0 amide bonds. The Balaban J connectivity index is 0.00000300. The smallest absolute Gasteiger partial charge is 0.231 e. The Morgan fingerprint density at radius 2 is 2.00 bits per heavy atom. The van der Waals surface area contributed by atoms with E-state index in [0.717, 1.165) is 60.8 Å². The van der Waals surface area contributed by atoms with Gasteiger partial charge in [0.1, 0.15) is 12.4 Å². The maximum Gasteiger partial charge on any atom is 0.231 e. The molecule has 0 fully saturated rings. The topological polar surface area (TPSA) is 85.6 Å². The molecule has 0 spiro atoms. The van der Waals surface area contributed by atoms with Crippen LogP contribution in [0.25, 0.3) is 0 Å². The lowest BCUT2D eigenvalue weighted by Gasteiger charge is -2.13. The minimum absolute atomic E-state index is 0. The monoisotopic (exact) mass is 532 g/mol. The van der Waals surface area contributed by atoms with Crippen molar-refractivity contribution in [2.24, 2.45) is 12.0 Å². The highest BCUT2D eigenvalue weighted by Gasteiger charge is 2.13. The van der Waals surface area contributed by atoms with Crippen molar-refractivity contribution in [3.8, 4) is 11.5 Å². The molecular formula is C19H29IN6O2S. The summed E-state index contributed by atoms with van der Waals surface area (Å²) >= 11 is 1.85. The Labute approximate surface area is 193 Å². The third kappa shape index (κ3) is 6.95. The van der Waals surface area contributed by atoms with E-state index in [0.29, 0.717) is 13.3 Å². The van der Waals surface area contributed by atoms with Gasteiger partial charge in [-0.25, -0.2) is 4.99 Å². The van der Waals surface area contributed by atoms with E-state index in [-0.39, 0.29) is 24.0 Å². The fourth-order valence-corrected chi connectivity index (χ4v) is 3.19. The molecule has 0 bridgehead atoms. The first-order chi connectivity index (χ1) is 13.7. The summed E-state index contributed by atoms with van der Waals surface area (Å²) < 4.78 is 12.8. The summed E-state index contributed by atoms with van der Waals surface area (Å²) in [6, 6.07) is 6.07. The molecule has 0 aliphatic carbocycles. The lowest BCUT2D eigenvalue weighted by Crippen LogP contribution is -2.39. The van der Waals surface area contributed by atoms with Gasteiger partial charge in [0.2, 0.25) is 6.79 Å². The number of hydrogen-bond acceptors (Lipinski definition) is 6. The summed E-state index contributed by atoms with van der Waals surface area (Å²) in [5.74, 6) is 5.28. The zero-order valence-corrected chi connectivity index (χ0v) is 20.3. The standard InChI is InChI=1S/C19H28N6O2S.HI/c1-14-23-24-18(25(14)2)12-22-19(20-8-4-10-28-3)21-9-7-15-5-6-16-17(11-15)27-13-26-16;/h5-6,11H,4,7-10,12-13H2,1-3H3,(H2,20,21,22);1H. The van der Waals surface area contributed by atoms with E-state index in [1.807, 2.05) is 42.4 Å². The number of aryl methyl sites for hydroxylation is 1. The number of ether oxygens (including phenoxy) is 2. The Kier molecular flexibility index (Phi) is 9.85. The first-order valence-electron chi connectivity index (χ1n) is 9.42. The van der Waals surface area contributed by atoms with E-state index in [4.69, 9.17) is 9.47 Å². The first-order valence-corrected chi connectivity index (χ1v) is 10.8. The van der Waals surface area contributed by atoms with Crippen LogP contribution < -0.4 is 20.1 Å². The number of thioether (sulfide) groups is 1. The molecule has 1 aliphatic rings. The second kappa shape index (κ2) is 12.1. The molecule has 8 nitrogen and oxygen atoms in total. The average Bonchev–Trinajstić information content (AvgIpc) is 3.29. The van der Waals surface area contributed by atoms with Gasteiger partial charge in [0, 0.05) is 20.1 Å². The quantitative estimate of drug-likeness (QED) is 0.222. The largest absolute Gasteiger partial charge is 0.454 e. The van der Waals surface area contributed by atoms with Crippen molar-refractivity contribution >= 4 is 41.7 Å². The molecule has 1 aromatic carbocycles. The van der Waals surface area contributed by atoms with Crippen LogP contribution in [0.3, 0.4) is 0 Å². The second-order valence-corrected chi connectivity index (χ2v) is 7.51. The van der Waals surface area contributed by atoms with Crippen LogP contribution in [0.1, 0.15) is 23.6 Å². The molecule has 3 rings (SSSR count). The Bertz CT molecular complexity index is 814. The first kappa shape index (κ1) is 23.6. The molecule has 2 aromatic rings. The highest BCUT2D eigenvalue weighted by Crippen LogP contribution is 2.32. The number of benzene rings is 1. The fraction of sp³-hybridized carbons (Fsp3) is 0.526. The van der Waals surface area contributed by atoms with Gasteiger partial charge in [-0.2, -0.15) is 11.8 Å². The van der Waals surface area contributed by atoms with Crippen molar-refractivity contribution in [1.29, 1.82) is 0 Å². The zero-order chi connectivity index (χ0) is 19.8. The SMILES string of the molecule is CSCCCNC(=NCc1nnc(C)n1C)NCCc1ccc2c(c1)OCO2.I. The van der Waals surface area contributed by atoms with Crippen molar-refractivity contribution in [3.63, 3.8) is 0 Å². The third-order valence-electron chi connectivity index (χ3n) is 4.52. The van der Waals surface area contributed by atoms with Gasteiger partial charge in [-0.1, -0.05) is 6.07 Å². The van der Waals surface area contributed by atoms with Crippen LogP contribution in [-0.4, -0.2) is 52.6 Å². The lowest BCUT2D eigenvalue weighted by atomic mass is 10.1. The zero-order valence-electron chi connectivity index (χ0n) is 17.1. The van der Waals surface area contributed by atoms with E-state index < -0.39 is 0 Å². The van der Waals surface area contributed by atoms with Crippen molar-refractivity contribution in [3.05, 3.63) is 35.4 Å². The third-order valence-corrected chi connectivity index (χ3v) is 5.22. The predicted octanol–water partition coefficient (Wildman–Crippen LogP) is 2.50. The minimum atomic E-state index is 0. The van der Waals surface area contributed by atoms with Gasteiger partial charge in [0.15, 0.2) is 23.3 Å². The summed E-state index contributed by atoms with van der Waals surface area (Å²) in [5.41, 5.74) is 1.20. The maximum atomic E-state index is 5.45. The number of nitrogens with zero attached hydrogens (tertiary/aromatic N) is 4. The molecule has 160 valence electrons. The molecular weight excluding hydrogens is 503 g/mol. The van der Waals surface area contributed by atoms with Gasteiger partial charge < -0.3 is 24.7 Å². The Hall–Kier alpha value is -1.69. The Morgan fingerprint density at radius 3 is 2.76 bits per heavy atom. The maximum absolute atomic E-state index is 5.45. The van der Waals surface area contributed by atoms with Crippen LogP contribution in [0.4, 0.5) is 0 Å². The van der Waals surface area contributed by atoms with Crippen LogP contribution in [0, 0.1) is 6.92 Å². The summed E-state index contributed by atoms with van der Waals surface area (Å²) in [7, 11) is 1.96. The van der Waals surface area contributed by atoms with Crippen LogP contribution in [0.5, 0.6) is 11.5 Å². The van der Waals surface area contributed by atoms with E-state index >= 15 is 0 Å². The molecule has 0 unspecified atom stereocenters. The van der Waals surface area contributed by atoms with Crippen molar-refractivity contribution in [2.75, 3.05) is 31.9 Å². The average molecular weight is 532 g/mol. The van der Waals surface area contributed by atoms with Crippen LogP contribution in [0.15, 0.2) is 23.2 Å². The molecule has 10 heteroatoms. The van der Waals surface area contributed by atoms with Gasteiger partial charge >= 0.3 is 0 Å². The molecule has 2 heterocycles. The van der Waals surface area contributed by atoms with Crippen LogP contribution in [0.2, 0.25) is 0 Å². The highest BCUT2D eigenvalue weighted by atomic mass is 127. The van der Waals surface area contributed by atoms with Gasteiger partial charge in [-0.3, -0.25) is 0 Å². The highest BCUT2D eigenvalue weighted by molar-refractivity contribution is 14.0. The molecule has 0 saturated heterocycles. The molecule has 0 atom stereocenters. The van der Waals surface area contributed by atoms with Crippen molar-refractivity contribution in [2.45, 2.75) is 26.3 Å². The summed E-state index contributed by atoms with van der Waals surface area (Å²) in [6.45, 7) is 4.38. The summed E-state index contributed by atoms with van der Waals surface area (Å²) in [5, 5.41) is 15.1. The summed E-state index contributed by atoms with van der Waals surface area (Å²) in [6.07, 6.45) is 4.08.